The van der Waals surface area contributed by atoms with Crippen molar-refractivity contribution in [3.05, 3.63) is 0 Å². The predicted molar refractivity (Wildman–Crippen MR) is 164 cm³/mol. The van der Waals surface area contributed by atoms with Crippen molar-refractivity contribution in [2.24, 2.45) is 10.8 Å². The molecule has 0 aromatic carbocycles. The van der Waals surface area contributed by atoms with Crippen LogP contribution in [0.1, 0.15) is 215 Å². The van der Waals surface area contributed by atoms with Crippen LogP contribution in [0.4, 0.5) is 0 Å². The lowest BCUT2D eigenvalue weighted by Crippen LogP contribution is -2.32. The van der Waals surface area contributed by atoms with Crippen LogP contribution >= 0.6 is 0 Å². The molecule has 0 N–H and O–H groups in total. The molecule has 35 heavy (non-hydrogen) atoms. The molecule has 0 bridgehead atoms. The van der Waals surface area contributed by atoms with Gasteiger partial charge in [-0.1, -0.05) is 202 Å². The first kappa shape index (κ1) is 35.0. The fourth-order valence-corrected chi connectivity index (χ4v) is 5.76. The van der Waals surface area contributed by atoms with Crippen LogP contribution in [0.3, 0.4) is 0 Å². The molecule has 1 unspecified atom stereocenters. The largest absolute Gasteiger partial charge is 0.0654 e. The third kappa shape index (κ3) is 21.8. The van der Waals surface area contributed by atoms with Gasteiger partial charge in [-0.3, -0.25) is 0 Å². The highest BCUT2D eigenvalue weighted by Crippen LogP contribution is 2.46. The minimum absolute atomic E-state index is 0.433. The summed E-state index contributed by atoms with van der Waals surface area (Å²) in [6, 6.07) is 0. The van der Waals surface area contributed by atoms with E-state index in [1.54, 1.807) is 0 Å². The molecule has 0 aliphatic rings. The molecule has 0 heterocycles. The zero-order chi connectivity index (χ0) is 26.1. The van der Waals surface area contributed by atoms with E-state index in [1.807, 2.05) is 0 Å². The number of unbranched alkanes of at least 4 members (excludes halogenated alkanes) is 23. The summed E-state index contributed by atoms with van der Waals surface area (Å²) in [6.07, 6.45) is 39.3. The lowest BCUT2D eigenvalue weighted by Gasteiger charge is -2.43. The smallest absolute Gasteiger partial charge is 0.0277 e. The Bertz CT molecular complexity index is 403. The van der Waals surface area contributed by atoms with Crippen molar-refractivity contribution in [1.82, 2.24) is 0 Å². The van der Waals surface area contributed by atoms with Crippen LogP contribution in [0.25, 0.3) is 0 Å². The molecule has 0 aliphatic heterocycles. The van der Waals surface area contributed by atoms with Crippen LogP contribution in [0.5, 0.6) is 0 Å². The van der Waals surface area contributed by atoms with E-state index in [4.69, 9.17) is 0 Å². The summed E-state index contributed by atoms with van der Waals surface area (Å²) < 4.78 is 0. The molecule has 0 aliphatic carbocycles. The molecule has 212 valence electrons. The van der Waals surface area contributed by atoms with Gasteiger partial charge < -0.3 is 0 Å². The average molecular weight is 493 g/mol. The molecule has 0 radical (unpaired) electrons. The van der Waals surface area contributed by atoms with Crippen LogP contribution in [0.15, 0.2) is 0 Å². The Morgan fingerprint density at radius 2 is 0.486 bits per heavy atom. The van der Waals surface area contributed by atoms with Crippen LogP contribution in [-0.2, 0) is 0 Å². The average Bonchev–Trinajstić information content (AvgIpc) is 2.82. The van der Waals surface area contributed by atoms with Crippen molar-refractivity contribution in [3.63, 3.8) is 0 Å². The number of hydrogen-bond donors (Lipinski definition) is 0. The molecular weight excluding hydrogens is 420 g/mol. The van der Waals surface area contributed by atoms with E-state index in [1.165, 1.54) is 173 Å². The molecule has 0 fully saturated rings. The van der Waals surface area contributed by atoms with Crippen LogP contribution < -0.4 is 0 Å². The first-order valence-electron chi connectivity index (χ1n) is 16.9. The SMILES string of the molecule is CCCCCCCCCCCCCCCCC(C)(CCCCCCCCCCCCC)C(C)(C)C. The Morgan fingerprint density at radius 3 is 0.686 bits per heavy atom. The van der Waals surface area contributed by atoms with E-state index < -0.39 is 0 Å². The maximum Gasteiger partial charge on any atom is -0.0277 e. The van der Waals surface area contributed by atoms with Gasteiger partial charge in [-0.25, -0.2) is 0 Å². The van der Waals surface area contributed by atoms with Gasteiger partial charge in [0.2, 0.25) is 0 Å². The molecule has 0 saturated heterocycles. The Morgan fingerprint density at radius 1 is 0.286 bits per heavy atom. The van der Waals surface area contributed by atoms with Crippen molar-refractivity contribution < 1.29 is 0 Å². The lowest BCUT2D eigenvalue weighted by atomic mass is 9.63. The Kier molecular flexibility index (Phi) is 24.3. The Labute approximate surface area is 225 Å². The van der Waals surface area contributed by atoms with E-state index in [2.05, 4.69) is 41.5 Å². The second kappa shape index (κ2) is 24.3. The van der Waals surface area contributed by atoms with Crippen LogP contribution in [0, 0.1) is 10.8 Å². The van der Waals surface area contributed by atoms with Crippen molar-refractivity contribution in [2.45, 2.75) is 215 Å². The summed E-state index contributed by atoms with van der Waals surface area (Å²) in [4.78, 5) is 0. The van der Waals surface area contributed by atoms with E-state index in [-0.39, 0.29) is 0 Å². The maximum atomic E-state index is 2.60. The topological polar surface area (TPSA) is 0 Å². The molecule has 0 heteroatoms. The molecule has 0 aromatic rings. The molecule has 0 spiro atoms. The number of rotatable bonds is 27. The first-order chi connectivity index (χ1) is 16.9. The van der Waals surface area contributed by atoms with Gasteiger partial charge in [-0.05, 0) is 23.7 Å². The van der Waals surface area contributed by atoms with Gasteiger partial charge >= 0.3 is 0 Å². The molecular formula is C35H72. The predicted octanol–water partition coefficient (Wildman–Crippen LogP) is 13.6. The molecule has 1 atom stereocenters. The fraction of sp³-hybridized carbons (Fsp3) is 1.00. The van der Waals surface area contributed by atoms with E-state index >= 15 is 0 Å². The van der Waals surface area contributed by atoms with Gasteiger partial charge in [0.25, 0.3) is 0 Å². The quantitative estimate of drug-likeness (QED) is 0.1000. The van der Waals surface area contributed by atoms with Crippen molar-refractivity contribution in [1.29, 1.82) is 0 Å². The molecule has 0 saturated carbocycles. The highest BCUT2D eigenvalue weighted by atomic mass is 14.4. The normalized spacial score (nSPS) is 13.9. The number of hydrogen-bond acceptors (Lipinski definition) is 0. The molecule has 0 aromatic heterocycles. The highest BCUT2D eigenvalue weighted by molar-refractivity contribution is 4.86. The van der Waals surface area contributed by atoms with Gasteiger partial charge in [0, 0.05) is 0 Å². The maximum absolute atomic E-state index is 2.60. The zero-order valence-corrected chi connectivity index (χ0v) is 26.1. The Balaban J connectivity index is 3.71. The highest BCUT2D eigenvalue weighted by Gasteiger charge is 2.35. The monoisotopic (exact) mass is 493 g/mol. The lowest BCUT2D eigenvalue weighted by molar-refractivity contribution is 0.0776. The molecule has 0 amide bonds. The summed E-state index contributed by atoms with van der Waals surface area (Å²) in [7, 11) is 0. The molecule has 0 rings (SSSR count). The van der Waals surface area contributed by atoms with Crippen molar-refractivity contribution >= 4 is 0 Å². The summed E-state index contributed by atoms with van der Waals surface area (Å²) in [5, 5.41) is 0. The third-order valence-electron chi connectivity index (χ3n) is 9.22. The zero-order valence-electron chi connectivity index (χ0n) is 26.1. The van der Waals surface area contributed by atoms with Crippen LogP contribution in [0.2, 0.25) is 0 Å². The van der Waals surface area contributed by atoms with E-state index in [9.17, 15) is 0 Å². The van der Waals surface area contributed by atoms with Crippen molar-refractivity contribution in [3.8, 4) is 0 Å². The fourth-order valence-electron chi connectivity index (χ4n) is 5.76. The minimum atomic E-state index is 0.433. The van der Waals surface area contributed by atoms with Gasteiger partial charge in [0.15, 0.2) is 0 Å². The molecule has 0 nitrogen and oxygen atoms in total. The van der Waals surface area contributed by atoms with Gasteiger partial charge in [-0.15, -0.1) is 0 Å². The van der Waals surface area contributed by atoms with E-state index in [0.29, 0.717) is 10.8 Å². The van der Waals surface area contributed by atoms with Crippen molar-refractivity contribution in [2.75, 3.05) is 0 Å². The van der Waals surface area contributed by atoms with E-state index in [0.717, 1.165) is 0 Å². The van der Waals surface area contributed by atoms with Crippen LogP contribution in [-0.4, -0.2) is 0 Å². The van der Waals surface area contributed by atoms with Gasteiger partial charge in [0.05, 0.1) is 0 Å². The minimum Gasteiger partial charge on any atom is -0.0654 e. The second-order valence-electron chi connectivity index (χ2n) is 13.4. The summed E-state index contributed by atoms with van der Waals surface area (Å²) >= 11 is 0. The summed E-state index contributed by atoms with van der Waals surface area (Å²) in [6.45, 7) is 14.7. The first-order valence-corrected chi connectivity index (χ1v) is 16.9. The summed E-state index contributed by atoms with van der Waals surface area (Å²) in [5.41, 5.74) is 0.950. The standard InChI is InChI=1S/C35H72/c1-7-9-11-13-15-17-19-20-21-23-25-27-29-31-33-35(6,34(3,4)5)32-30-28-26-24-22-18-16-14-12-10-8-2/h7-33H2,1-6H3. The Hall–Kier alpha value is 0. The van der Waals surface area contributed by atoms with Gasteiger partial charge in [0.1, 0.15) is 0 Å². The third-order valence-corrected chi connectivity index (χ3v) is 9.22. The van der Waals surface area contributed by atoms with Gasteiger partial charge in [-0.2, -0.15) is 0 Å². The second-order valence-corrected chi connectivity index (χ2v) is 13.4. The summed E-state index contributed by atoms with van der Waals surface area (Å²) in [5.74, 6) is 0.